The highest BCUT2D eigenvalue weighted by Gasteiger charge is 2.52. The van der Waals surface area contributed by atoms with Crippen LogP contribution in [-0.4, -0.2) is 39.8 Å². The van der Waals surface area contributed by atoms with Crippen molar-refractivity contribution < 1.29 is 14.4 Å². The number of anilines is 1. The van der Waals surface area contributed by atoms with Crippen molar-refractivity contribution in [2.24, 2.45) is 0 Å². The maximum absolute atomic E-state index is 12.6. The van der Waals surface area contributed by atoms with Gasteiger partial charge in [-0.05, 0) is 30.5 Å². The molecule has 0 bridgehead atoms. The summed E-state index contributed by atoms with van der Waals surface area (Å²) >= 11 is 7.25. The zero-order valence-electron chi connectivity index (χ0n) is 15.0. The highest BCUT2D eigenvalue weighted by atomic mass is 35.5. The minimum atomic E-state index is -0.801. The van der Waals surface area contributed by atoms with Gasteiger partial charge in [0.1, 0.15) is 12.1 Å². The fraction of sp³-hybridized carbons (Fsp3) is 0.368. The standard InChI is InChI=1S/C19H19ClN4O3S/c20-13-5-3-12(4-6-13)9-14-10-21-17(28-14)22-15(25)11-24-16(26)19(23-18(24)27)7-1-2-8-19/h3-6,10H,1-2,7-9,11H2,(H,23,27)(H,21,22,25). The van der Waals surface area contributed by atoms with Gasteiger partial charge in [0.25, 0.3) is 5.91 Å². The molecule has 1 saturated carbocycles. The molecule has 2 aromatic rings. The number of rotatable bonds is 5. The van der Waals surface area contributed by atoms with Crippen LogP contribution in [0.2, 0.25) is 5.02 Å². The van der Waals surface area contributed by atoms with Gasteiger partial charge in [-0.2, -0.15) is 0 Å². The molecule has 0 unspecified atom stereocenters. The van der Waals surface area contributed by atoms with Crippen LogP contribution in [0.4, 0.5) is 9.93 Å². The lowest BCUT2D eigenvalue weighted by molar-refractivity contribution is -0.133. The van der Waals surface area contributed by atoms with Gasteiger partial charge in [0.2, 0.25) is 5.91 Å². The average molecular weight is 419 g/mol. The zero-order valence-corrected chi connectivity index (χ0v) is 16.6. The quantitative estimate of drug-likeness (QED) is 0.729. The first-order valence-corrected chi connectivity index (χ1v) is 10.3. The smallest absolute Gasteiger partial charge is 0.323 e. The number of hydrogen-bond donors (Lipinski definition) is 2. The first-order chi connectivity index (χ1) is 13.4. The van der Waals surface area contributed by atoms with Gasteiger partial charge in [-0.3, -0.25) is 14.5 Å². The fourth-order valence-corrected chi connectivity index (χ4v) is 4.68. The van der Waals surface area contributed by atoms with E-state index in [4.69, 9.17) is 11.6 Å². The number of benzene rings is 1. The number of urea groups is 1. The van der Waals surface area contributed by atoms with Crippen LogP contribution in [0.1, 0.15) is 36.1 Å². The third kappa shape index (κ3) is 3.74. The van der Waals surface area contributed by atoms with E-state index in [1.54, 1.807) is 6.20 Å². The fourth-order valence-electron chi connectivity index (χ4n) is 3.69. The Morgan fingerprint density at radius 2 is 1.96 bits per heavy atom. The Bertz CT molecular complexity index is 922. The molecule has 9 heteroatoms. The molecule has 1 aliphatic heterocycles. The molecule has 146 valence electrons. The number of amides is 4. The largest absolute Gasteiger partial charge is 0.325 e. The van der Waals surface area contributed by atoms with Gasteiger partial charge < -0.3 is 10.6 Å². The predicted molar refractivity (Wildman–Crippen MR) is 106 cm³/mol. The van der Waals surface area contributed by atoms with E-state index in [1.165, 1.54) is 11.3 Å². The number of hydrogen-bond acceptors (Lipinski definition) is 5. The second-order valence-electron chi connectivity index (χ2n) is 7.09. The predicted octanol–water partition coefficient (Wildman–Crippen LogP) is 3.19. The number of nitrogens with zero attached hydrogens (tertiary/aromatic N) is 2. The summed E-state index contributed by atoms with van der Waals surface area (Å²) in [5, 5.41) is 6.57. The minimum Gasteiger partial charge on any atom is -0.323 e. The Morgan fingerprint density at radius 1 is 1.25 bits per heavy atom. The average Bonchev–Trinajstić information content (AvgIpc) is 3.36. The second-order valence-corrected chi connectivity index (χ2v) is 8.65. The maximum Gasteiger partial charge on any atom is 0.325 e. The lowest BCUT2D eigenvalue weighted by atomic mass is 9.98. The van der Waals surface area contributed by atoms with E-state index in [-0.39, 0.29) is 12.5 Å². The summed E-state index contributed by atoms with van der Waals surface area (Å²) in [7, 11) is 0. The van der Waals surface area contributed by atoms with Gasteiger partial charge in [-0.1, -0.05) is 36.6 Å². The molecule has 0 atom stereocenters. The molecule has 2 aliphatic rings. The van der Waals surface area contributed by atoms with Gasteiger partial charge in [-0.15, -0.1) is 11.3 Å². The highest BCUT2D eigenvalue weighted by Crippen LogP contribution is 2.35. The number of carbonyl (C=O) groups is 3. The van der Waals surface area contributed by atoms with Crippen LogP contribution in [0.25, 0.3) is 0 Å². The van der Waals surface area contributed by atoms with Crippen molar-refractivity contribution in [2.75, 3.05) is 11.9 Å². The first kappa shape index (κ1) is 18.9. The number of nitrogens with one attached hydrogen (secondary N) is 2. The molecule has 2 fully saturated rings. The van der Waals surface area contributed by atoms with E-state index in [2.05, 4.69) is 15.6 Å². The third-order valence-corrected chi connectivity index (χ3v) is 6.26. The number of aromatic nitrogens is 1. The van der Waals surface area contributed by atoms with Crippen LogP contribution in [-0.2, 0) is 16.0 Å². The Morgan fingerprint density at radius 3 is 2.68 bits per heavy atom. The second kappa shape index (κ2) is 7.52. The minimum absolute atomic E-state index is 0.298. The number of carbonyl (C=O) groups excluding carboxylic acids is 3. The summed E-state index contributed by atoms with van der Waals surface area (Å²) in [6.07, 6.45) is 5.46. The third-order valence-electron chi connectivity index (χ3n) is 5.10. The zero-order chi connectivity index (χ0) is 19.7. The molecular formula is C19H19ClN4O3S. The molecule has 1 aromatic carbocycles. The van der Waals surface area contributed by atoms with Crippen molar-refractivity contribution in [2.45, 2.75) is 37.6 Å². The molecule has 4 rings (SSSR count). The lowest BCUT2D eigenvalue weighted by Crippen LogP contribution is -2.44. The van der Waals surface area contributed by atoms with Crippen LogP contribution in [0.15, 0.2) is 30.5 Å². The Kier molecular flexibility index (Phi) is 5.07. The molecule has 1 aliphatic carbocycles. The van der Waals surface area contributed by atoms with Gasteiger partial charge in [0.15, 0.2) is 5.13 Å². The number of thiazole rings is 1. The molecule has 1 aromatic heterocycles. The van der Waals surface area contributed by atoms with Gasteiger partial charge in [0.05, 0.1) is 0 Å². The molecular weight excluding hydrogens is 400 g/mol. The van der Waals surface area contributed by atoms with Crippen LogP contribution in [0, 0.1) is 0 Å². The van der Waals surface area contributed by atoms with E-state index in [1.807, 2.05) is 24.3 Å². The van der Waals surface area contributed by atoms with Crippen molar-refractivity contribution in [3.8, 4) is 0 Å². The lowest BCUT2D eigenvalue weighted by Gasteiger charge is -2.19. The Hall–Kier alpha value is -2.45. The van der Waals surface area contributed by atoms with E-state index < -0.39 is 17.5 Å². The molecule has 4 amide bonds. The topological polar surface area (TPSA) is 91.4 Å². The van der Waals surface area contributed by atoms with Crippen molar-refractivity contribution in [1.82, 2.24) is 15.2 Å². The van der Waals surface area contributed by atoms with Gasteiger partial charge >= 0.3 is 6.03 Å². The molecule has 2 heterocycles. The van der Waals surface area contributed by atoms with E-state index >= 15 is 0 Å². The summed E-state index contributed by atoms with van der Waals surface area (Å²) in [5.74, 6) is -0.737. The molecule has 28 heavy (non-hydrogen) atoms. The van der Waals surface area contributed by atoms with Crippen molar-refractivity contribution in [3.63, 3.8) is 0 Å². The van der Waals surface area contributed by atoms with Crippen molar-refractivity contribution >= 4 is 45.9 Å². The first-order valence-electron chi connectivity index (χ1n) is 9.08. The summed E-state index contributed by atoms with van der Waals surface area (Å²) < 4.78 is 0. The monoisotopic (exact) mass is 418 g/mol. The summed E-state index contributed by atoms with van der Waals surface area (Å²) in [4.78, 5) is 43.3. The van der Waals surface area contributed by atoms with Crippen LogP contribution >= 0.6 is 22.9 Å². The molecule has 0 radical (unpaired) electrons. The van der Waals surface area contributed by atoms with Crippen molar-refractivity contribution in [1.29, 1.82) is 0 Å². The van der Waals surface area contributed by atoms with Crippen LogP contribution < -0.4 is 10.6 Å². The van der Waals surface area contributed by atoms with E-state index in [0.717, 1.165) is 28.2 Å². The van der Waals surface area contributed by atoms with Crippen LogP contribution in [0.5, 0.6) is 0 Å². The normalized spacial score (nSPS) is 18.0. The molecule has 1 saturated heterocycles. The van der Waals surface area contributed by atoms with Gasteiger partial charge in [0, 0.05) is 22.5 Å². The maximum atomic E-state index is 12.6. The van der Waals surface area contributed by atoms with Crippen LogP contribution in [0.3, 0.4) is 0 Å². The van der Waals surface area contributed by atoms with Gasteiger partial charge in [-0.25, -0.2) is 9.78 Å². The Labute approximate surface area is 171 Å². The molecule has 2 N–H and O–H groups in total. The highest BCUT2D eigenvalue weighted by molar-refractivity contribution is 7.15. The summed E-state index contributed by atoms with van der Waals surface area (Å²) in [6.45, 7) is -0.307. The molecule has 1 spiro atoms. The number of imide groups is 1. The number of halogens is 1. The Balaban J connectivity index is 1.35. The SMILES string of the molecule is O=C(CN1C(=O)NC2(CCCC2)C1=O)Nc1ncc(Cc2ccc(Cl)cc2)s1. The van der Waals surface area contributed by atoms with E-state index in [9.17, 15) is 14.4 Å². The summed E-state index contributed by atoms with van der Waals surface area (Å²) in [6, 6.07) is 7.05. The molecule has 7 nitrogen and oxygen atoms in total. The summed E-state index contributed by atoms with van der Waals surface area (Å²) in [5.41, 5.74) is 0.289. The van der Waals surface area contributed by atoms with Crippen molar-refractivity contribution in [3.05, 3.63) is 45.9 Å². The van der Waals surface area contributed by atoms with E-state index in [0.29, 0.717) is 29.4 Å².